The van der Waals surface area contributed by atoms with Crippen LogP contribution in [0.2, 0.25) is 0 Å². The van der Waals surface area contributed by atoms with Crippen LogP contribution in [-0.2, 0) is 0 Å². The van der Waals surface area contributed by atoms with Crippen molar-refractivity contribution < 1.29 is 0 Å². The molecule has 0 bridgehead atoms. The fourth-order valence-corrected chi connectivity index (χ4v) is 3.03. The van der Waals surface area contributed by atoms with Gasteiger partial charge in [0.1, 0.15) is 11.6 Å². The lowest BCUT2D eigenvalue weighted by Gasteiger charge is -2.13. The number of nitrogens with two attached hydrogens (primary N) is 2. The van der Waals surface area contributed by atoms with E-state index in [0.717, 1.165) is 46.5 Å². The van der Waals surface area contributed by atoms with Crippen molar-refractivity contribution in [3.05, 3.63) is 72.7 Å². The zero-order valence-electron chi connectivity index (χ0n) is 18.3. The fourth-order valence-electron chi connectivity index (χ4n) is 3.03. The highest BCUT2D eigenvalue weighted by atomic mass is 15.4. The maximum Gasteiger partial charge on any atom is 0.130 e. The molecule has 0 saturated carbocycles. The van der Waals surface area contributed by atoms with Crippen LogP contribution in [0.4, 0.5) is 11.6 Å². The number of nitrogens with one attached hydrogen (secondary N) is 2. The first kappa shape index (κ1) is 22.1. The highest BCUT2D eigenvalue weighted by Gasteiger charge is 2.06. The summed E-state index contributed by atoms with van der Waals surface area (Å²) in [7, 11) is 5.81. The van der Waals surface area contributed by atoms with E-state index in [2.05, 4.69) is 32.1 Å². The minimum absolute atomic E-state index is 0.591. The summed E-state index contributed by atoms with van der Waals surface area (Å²) >= 11 is 0. The van der Waals surface area contributed by atoms with Crippen LogP contribution in [-0.4, -0.2) is 54.1 Å². The van der Waals surface area contributed by atoms with Gasteiger partial charge in [-0.1, -0.05) is 18.7 Å². The number of nitrogens with zero attached hydrogens (tertiary/aromatic N) is 4. The number of benzene rings is 1. The van der Waals surface area contributed by atoms with Gasteiger partial charge in [0.25, 0.3) is 0 Å². The Morgan fingerprint density at radius 2 is 1.84 bits per heavy atom. The third-order valence-corrected chi connectivity index (χ3v) is 4.65. The molecule has 8 heteroatoms. The summed E-state index contributed by atoms with van der Waals surface area (Å²) in [6.07, 6.45) is 5.27. The molecule has 0 spiro atoms. The molecule has 0 atom stereocenters. The second kappa shape index (κ2) is 9.92. The largest absolute Gasteiger partial charge is 0.397 e. The molecule has 0 aliphatic heterocycles. The van der Waals surface area contributed by atoms with Gasteiger partial charge in [0, 0.05) is 55.4 Å². The van der Waals surface area contributed by atoms with Crippen LogP contribution in [0.5, 0.6) is 0 Å². The Balaban J connectivity index is 1.76. The summed E-state index contributed by atoms with van der Waals surface area (Å²) in [6.45, 7) is 5.91. The molecule has 3 rings (SSSR count). The predicted octanol–water partition coefficient (Wildman–Crippen LogP) is 2.75. The van der Waals surface area contributed by atoms with Gasteiger partial charge in [-0.3, -0.25) is 0 Å². The highest BCUT2D eigenvalue weighted by Crippen LogP contribution is 2.23. The first-order valence-corrected chi connectivity index (χ1v) is 9.98. The summed E-state index contributed by atoms with van der Waals surface area (Å²) in [5, 5.41) is 10.1. The number of fused-ring (bicyclic) bond motifs is 1. The van der Waals surface area contributed by atoms with Crippen LogP contribution < -0.4 is 22.2 Å². The standard InChI is InChI=1S/C23H30N8/c1-16(17-7-8-26-22(12-17)27-9-10-30(2)3)29-23-13-20-11-18(21(24)15-31(4)25)5-6-19(20)14-28-23/h5-8,11-15H,1,9-10,24-25H2,2-4H3,(H,26,27)(H,28,29)/b21-15-. The van der Waals surface area contributed by atoms with E-state index in [1.807, 2.05) is 56.7 Å². The molecule has 0 saturated heterocycles. The minimum Gasteiger partial charge on any atom is -0.397 e. The van der Waals surface area contributed by atoms with Crippen molar-refractivity contribution in [2.75, 3.05) is 44.9 Å². The molecule has 0 unspecified atom stereocenters. The quantitative estimate of drug-likeness (QED) is 0.310. The Morgan fingerprint density at radius 3 is 2.58 bits per heavy atom. The first-order chi connectivity index (χ1) is 14.8. The Labute approximate surface area is 183 Å². The highest BCUT2D eigenvalue weighted by molar-refractivity contribution is 5.88. The number of anilines is 2. The smallest absolute Gasteiger partial charge is 0.130 e. The lowest BCUT2D eigenvalue weighted by molar-refractivity contribution is 0.425. The Bertz CT molecular complexity index is 1090. The number of hydrazine groups is 1. The van der Waals surface area contributed by atoms with E-state index in [4.69, 9.17) is 11.6 Å². The van der Waals surface area contributed by atoms with Gasteiger partial charge in [-0.15, -0.1) is 0 Å². The molecular weight excluding hydrogens is 388 g/mol. The van der Waals surface area contributed by atoms with Gasteiger partial charge in [-0.25, -0.2) is 15.8 Å². The number of aromatic nitrogens is 2. The normalized spacial score (nSPS) is 11.6. The predicted molar refractivity (Wildman–Crippen MR) is 130 cm³/mol. The zero-order valence-corrected chi connectivity index (χ0v) is 18.3. The van der Waals surface area contributed by atoms with Crippen LogP contribution in [0, 0.1) is 0 Å². The van der Waals surface area contributed by atoms with Crippen LogP contribution in [0.25, 0.3) is 22.2 Å². The molecule has 0 radical (unpaired) electrons. The summed E-state index contributed by atoms with van der Waals surface area (Å²) in [4.78, 5) is 11.0. The van der Waals surface area contributed by atoms with Gasteiger partial charge >= 0.3 is 0 Å². The maximum atomic E-state index is 6.13. The van der Waals surface area contributed by atoms with Crippen LogP contribution in [0.15, 0.2) is 61.6 Å². The molecule has 0 aliphatic rings. The minimum atomic E-state index is 0.591. The molecule has 31 heavy (non-hydrogen) atoms. The van der Waals surface area contributed by atoms with Gasteiger partial charge in [-0.2, -0.15) is 0 Å². The van der Waals surface area contributed by atoms with Crippen molar-refractivity contribution in [1.82, 2.24) is 19.9 Å². The molecule has 1 aromatic carbocycles. The van der Waals surface area contributed by atoms with Crippen LogP contribution in [0.3, 0.4) is 0 Å². The third-order valence-electron chi connectivity index (χ3n) is 4.65. The maximum absolute atomic E-state index is 6.13. The number of hydrogen-bond acceptors (Lipinski definition) is 8. The lowest BCUT2D eigenvalue weighted by atomic mass is 10.1. The van der Waals surface area contributed by atoms with Gasteiger partial charge < -0.3 is 26.3 Å². The van der Waals surface area contributed by atoms with Gasteiger partial charge in [0.15, 0.2) is 0 Å². The molecule has 0 aliphatic carbocycles. The number of likely N-dealkylation sites (N-methyl/N-ethyl adjacent to an activating group) is 1. The second-order valence-electron chi connectivity index (χ2n) is 7.64. The molecular formula is C23H30N8. The van der Waals surface area contributed by atoms with Crippen molar-refractivity contribution in [3.8, 4) is 0 Å². The SMILES string of the molecule is C=C(Nc1cc2cc(/C(N)=C/N(C)N)ccc2cn1)c1ccnc(NCCN(C)C)c1. The average Bonchev–Trinajstić information content (AvgIpc) is 2.72. The fraction of sp³-hybridized carbons (Fsp3) is 0.217. The zero-order chi connectivity index (χ0) is 22.4. The third kappa shape index (κ3) is 6.18. The number of pyridine rings is 2. The second-order valence-corrected chi connectivity index (χ2v) is 7.64. The van der Waals surface area contributed by atoms with E-state index in [1.54, 1.807) is 19.4 Å². The first-order valence-electron chi connectivity index (χ1n) is 9.98. The van der Waals surface area contributed by atoms with Crippen molar-refractivity contribution >= 4 is 33.8 Å². The Morgan fingerprint density at radius 1 is 1.03 bits per heavy atom. The topological polar surface area (TPSA) is 108 Å². The number of hydrogen-bond donors (Lipinski definition) is 4. The van der Waals surface area contributed by atoms with Crippen molar-refractivity contribution in [2.45, 2.75) is 0 Å². The Kier molecular flexibility index (Phi) is 7.07. The molecule has 2 heterocycles. The van der Waals surface area contributed by atoms with Gasteiger partial charge in [0.2, 0.25) is 0 Å². The number of rotatable bonds is 9. The summed E-state index contributed by atoms with van der Waals surface area (Å²) in [6, 6.07) is 11.8. The molecule has 3 aromatic rings. The molecule has 0 amide bonds. The van der Waals surface area contributed by atoms with E-state index < -0.39 is 0 Å². The summed E-state index contributed by atoms with van der Waals surface area (Å²) < 4.78 is 0. The monoisotopic (exact) mass is 418 g/mol. The molecule has 8 nitrogen and oxygen atoms in total. The lowest BCUT2D eigenvalue weighted by Crippen LogP contribution is -2.21. The van der Waals surface area contributed by atoms with Crippen molar-refractivity contribution in [2.24, 2.45) is 11.6 Å². The summed E-state index contributed by atoms with van der Waals surface area (Å²) in [5.41, 5.74) is 9.29. The molecule has 0 fully saturated rings. The molecule has 2 aromatic heterocycles. The average molecular weight is 419 g/mol. The van der Waals surface area contributed by atoms with Crippen LogP contribution >= 0.6 is 0 Å². The van der Waals surface area contributed by atoms with E-state index in [9.17, 15) is 0 Å². The van der Waals surface area contributed by atoms with Crippen molar-refractivity contribution in [3.63, 3.8) is 0 Å². The molecule has 6 N–H and O–H groups in total. The van der Waals surface area contributed by atoms with E-state index in [-0.39, 0.29) is 0 Å². The molecule has 162 valence electrons. The van der Waals surface area contributed by atoms with E-state index in [0.29, 0.717) is 11.5 Å². The Hall–Kier alpha value is -3.62. The van der Waals surface area contributed by atoms with Crippen molar-refractivity contribution in [1.29, 1.82) is 0 Å². The van der Waals surface area contributed by atoms with Gasteiger partial charge in [0.05, 0.1) is 5.70 Å². The summed E-state index contributed by atoms with van der Waals surface area (Å²) in [5.74, 6) is 7.18. The van der Waals surface area contributed by atoms with E-state index in [1.165, 1.54) is 5.01 Å². The van der Waals surface area contributed by atoms with Crippen LogP contribution in [0.1, 0.15) is 11.1 Å². The van der Waals surface area contributed by atoms with Gasteiger partial charge in [-0.05, 0) is 49.3 Å². The van der Waals surface area contributed by atoms with E-state index >= 15 is 0 Å².